The number of pyridine rings is 1. The summed E-state index contributed by atoms with van der Waals surface area (Å²) in [7, 11) is 3.55. The van der Waals surface area contributed by atoms with Crippen molar-refractivity contribution >= 4 is 11.0 Å². The third-order valence-corrected chi connectivity index (χ3v) is 5.02. The van der Waals surface area contributed by atoms with Crippen molar-refractivity contribution in [2.45, 2.75) is 13.5 Å². The van der Waals surface area contributed by atoms with Gasteiger partial charge in [0.15, 0.2) is 0 Å². The molecule has 0 atom stereocenters. The molecule has 4 aromatic rings. The highest BCUT2D eigenvalue weighted by Gasteiger charge is 2.13. The Hall–Kier alpha value is -3.34. The summed E-state index contributed by atoms with van der Waals surface area (Å²) < 4.78 is 5.06. The number of nitrogens with zero attached hydrogens (tertiary/aromatic N) is 3. The Labute approximate surface area is 156 Å². The van der Waals surface area contributed by atoms with Gasteiger partial charge in [0, 0.05) is 25.9 Å². The van der Waals surface area contributed by atoms with Gasteiger partial charge in [0.25, 0.3) is 5.56 Å². The molecule has 0 N–H and O–H groups in total. The molecule has 136 valence electrons. The third kappa shape index (κ3) is 2.91. The van der Waals surface area contributed by atoms with Gasteiger partial charge >= 0.3 is 5.69 Å². The summed E-state index contributed by atoms with van der Waals surface area (Å²) in [5, 5.41) is 0. The number of aromatic nitrogens is 3. The van der Waals surface area contributed by atoms with Crippen molar-refractivity contribution in [1.82, 2.24) is 13.7 Å². The molecule has 0 aliphatic carbocycles. The van der Waals surface area contributed by atoms with Crippen LogP contribution in [0.4, 0.5) is 0 Å². The van der Waals surface area contributed by atoms with E-state index in [1.807, 2.05) is 67.7 Å². The zero-order valence-electron chi connectivity index (χ0n) is 15.6. The van der Waals surface area contributed by atoms with E-state index in [0.717, 1.165) is 27.7 Å². The second-order valence-corrected chi connectivity index (χ2v) is 6.94. The molecule has 2 heterocycles. The molecule has 0 fully saturated rings. The van der Waals surface area contributed by atoms with E-state index < -0.39 is 0 Å². The van der Waals surface area contributed by atoms with Crippen molar-refractivity contribution in [2.24, 2.45) is 14.1 Å². The van der Waals surface area contributed by atoms with E-state index in [0.29, 0.717) is 12.1 Å². The van der Waals surface area contributed by atoms with E-state index in [1.54, 1.807) is 27.8 Å². The fourth-order valence-electron chi connectivity index (χ4n) is 3.54. The van der Waals surface area contributed by atoms with Crippen LogP contribution in [0.3, 0.4) is 0 Å². The first-order chi connectivity index (χ1) is 13.0. The van der Waals surface area contributed by atoms with Crippen molar-refractivity contribution in [1.29, 1.82) is 0 Å². The number of aryl methyl sites for hydroxylation is 3. The molecule has 0 amide bonds. The standard InChI is InChI=1S/C22H21N3O2/c1-15-11-18(14-23(2)21(15)26)17-9-10-19-20(12-17)25(22(27)24(19)3)13-16-7-5-4-6-8-16/h4-12,14H,13H2,1-3H3. The fraction of sp³-hybridized carbons (Fsp3) is 0.182. The van der Waals surface area contributed by atoms with Crippen LogP contribution in [-0.4, -0.2) is 13.7 Å². The van der Waals surface area contributed by atoms with Gasteiger partial charge in [-0.1, -0.05) is 36.4 Å². The Morgan fingerprint density at radius 1 is 0.852 bits per heavy atom. The van der Waals surface area contributed by atoms with Gasteiger partial charge in [-0.05, 0) is 41.8 Å². The lowest BCUT2D eigenvalue weighted by Crippen LogP contribution is -2.22. The maximum Gasteiger partial charge on any atom is 0.329 e. The van der Waals surface area contributed by atoms with E-state index in [1.165, 1.54) is 0 Å². The molecular formula is C22H21N3O2. The summed E-state index contributed by atoms with van der Waals surface area (Å²) in [5.74, 6) is 0. The van der Waals surface area contributed by atoms with E-state index in [2.05, 4.69) is 0 Å². The first-order valence-electron chi connectivity index (χ1n) is 8.86. The molecule has 27 heavy (non-hydrogen) atoms. The summed E-state index contributed by atoms with van der Waals surface area (Å²) in [6, 6.07) is 17.8. The highest BCUT2D eigenvalue weighted by molar-refractivity contribution is 5.82. The lowest BCUT2D eigenvalue weighted by Gasteiger charge is -2.08. The Bertz CT molecular complexity index is 1230. The first-order valence-corrected chi connectivity index (χ1v) is 8.86. The van der Waals surface area contributed by atoms with Crippen LogP contribution in [0, 0.1) is 6.92 Å². The van der Waals surface area contributed by atoms with Gasteiger partial charge in [0.05, 0.1) is 17.6 Å². The Morgan fingerprint density at radius 2 is 1.59 bits per heavy atom. The van der Waals surface area contributed by atoms with Gasteiger partial charge < -0.3 is 4.57 Å². The highest BCUT2D eigenvalue weighted by atomic mass is 16.1. The van der Waals surface area contributed by atoms with E-state index in [-0.39, 0.29) is 11.2 Å². The monoisotopic (exact) mass is 359 g/mol. The number of hydrogen-bond acceptors (Lipinski definition) is 2. The van der Waals surface area contributed by atoms with Crippen LogP contribution in [0.15, 0.2) is 70.4 Å². The SMILES string of the molecule is Cc1cc(-c2ccc3c(c2)n(Cc2ccccc2)c(=O)n3C)cn(C)c1=O. The van der Waals surface area contributed by atoms with Gasteiger partial charge in [-0.25, -0.2) is 4.79 Å². The zero-order valence-corrected chi connectivity index (χ0v) is 15.6. The van der Waals surface area contributed by atoms with Crippen LogP contribution in [0.2, 0.25) is 0 Å². The highest BCUT2D eigenvalue weighted by Crippen LogP contribution is 2.24. The molecule has 0 saturated heterocycles. The van der Waals surface area contributed by atoms with Gasteiger partial charge in [-0.3, -0.25) is 13.9 Å². The molecular weight excluding hydrogens is 338 g/mol. The topological polar surface area (TPSA) is 48.9 Å². The van der Waals surface area contributed by atoms with Gasteiger partial charge in [-0.2, -0.15) is 0 Å². The fourth-order valence-corrected chi connectivity index (χ4v) is 3.54. The summed E-state index contributed by atoms with van der Waals surface area (Å²) in [5.41, 5.74) is 5.45. The molecule has 2 aromatic carbocycles. The maximum absolute atomic E-state index is 12.8. The van der Waals surface area contributed by atoms with Crippen LogP contribution in [0.25, 0.3) is 22.2 Å². The zero-order chi connectivity index (χ0) is 19.1. The molecule has 0 radical (unpaired) electrons. The van der Waals surface area contributed by atoms with Crippen molar-refractivity contribution < 1.29 is 0 Å². The average molecular weight is 359 g/mol. The Balaban J connectivity index is 1.90. The predicted octanol–water partition coefficient (Wildman–Crippen LogP) is 3.06. The molecule has 0 bridgehead atoms. The normalized spacial score (nSPS) is 11.2. The second kappa shape index (κ2) is 6.43. The second-order valence-electron chi connectivity index (χ2n) is 6.94. The number of imidazole rings is 1. The minimum absolute atomic E-state index is 0.000486. The van der Waals surface area contributed by atoms with Crippen molar-refractivity contribution in [3.63, 3.8) is 0 Å². The number of hydrogen-bond donors (Lipinski definition) is 0. The Morgan fingerprint density at radius 3 is 2.30 bits per heavy atom. The molecule has 0 aliphatic rings. The van der Waals surface area contributed by atoms with Crippen LogP contribution < -0.4 is 11.2 Å². The van der Waals surface area contributed by atoms with Crippen molar-refractivity contribution in [3.05, 3.63) is 92.8 Å². The molecule has 0 saturated carbocycles. The lowest BCUT2D eigenvalue weighted by molar-refractivity contribution is 0.736. The largest absolute Gasteiger partial charge is 0.329 e. The smallest absolute Gasteiger partial charge is 0.318 e. The molecule has 4 rings (SSSR count). The molecule has 2 aromatic heterocycles. The van der Waals surface area contributed by atoms with Gasteiger partial charge in [0.2, 0.25) is 0 Å². The number of rotatable bonds is 3. The Kier molecular flexibility index (Phi) is 4.07. The van der Waals surface area contributed by atoms with E-state index >= 15 is 0 Å². The number of fused-ring (bicyclic) bond motifs is 1. The summed E-state index contributed by atoms with van der Waals surface area (Å²) in [4.78, 5) is 24.8. The lowest BCUT2D eigenvalue weighted by atomic mass is 10.1. The third-order valence-electron chi connectivity index (χ3n) is 5.02. The minimum Gasteiger partial charge on any atom is -0.318 e. The van der Waals surface area contributed by atoms with Crippen LogP contribution >= 0.6 is 0 Å². The number of benzene rings is 2. The first kappa shape index (κ1) is 17.1. The average Bonchev–Trinajstić information content (AvgIpc) is 2.91. The molecule has 0 spiro atoms. The quantitative estimate of drug-likeness (QED) is 0.564. The van der Waals surface area contributed by atoms with Crippen LogP contribution in [0.5, 0.6) is 0 Å². The van der Waals surface area contributed by atoms with Crippen molar-refractivity contribution in [3.8, 4) is 11.1 Å². The van der Waals surface area contributed by atoms with E-state index in [4.69, 9.17) is 0 Å². The van der Waals surface area contributed by atoms with Gasteiger partial charge in [-0.15, -0.1) is 0 Å². The molecule has 5 nitrogen and oxygen atoms in total. The summed E-state index contributed by atoms with van der Waals surface area (Å²) in [6.07, 6.45) is 1.83. The summed E-state index contributed by atoms with van der Waals surface area (Å²) >= 11 is 0. The molecule has 0 aliphatic heterocycles. The van der Waals surface area contributed by atoms with Crippen LogP contribution in [-0.2, 0) is 20.6 Å². The molecule has 5 heteroatoms. The van der Waals surface area contributed by atoms with Crippen molar-refractivity contribution in [2.75, 3.05) is 0 Å². The summed E-state index contributed by atoms with van der Waals surface area (Å²) in [6.45, 7) is 2.34. The molecule has 0 unspecified atom stereocenters. The predicted molar refractivity (Wildman–Crippen MR) is 108 cm³/mol. The van der Waals surface area contributed by atoms with E-state index in [9.17, 15) is 9.59 Å². The van der Waals surface area contributed by atoms with Gasteiger partial charge in [0.1, 0.15) is 0 Å². The minimum atomic E-state index is -0.0392. The maximum atomic E-state index is 12.8. The van der Waals surface area contributed by atoms with Crippen LogP contribution in [0.1, 0.15) is 11.1 Å².